The zero-order valence-electron chi connectivity index (χ0n) is 15.4. The van der Waals surface area contributed by atoms with E-state index in [1.54, 1.807) is 0 Å². The fraction of sp³-hybridized carbons (Fsp3) is 0.429. The standard InChI is InChI=1S/C21H27N3O2/c1-23-8-10-24(11-9-23)15-16-4-2-3-5-20(16)25-18-6-7-21-17(12-18)13-19(14-22)26-21/h2-7,12,19H,8-11,13-15,22H2,1H3/t19-/m0/s1. The number of benzene rings is 2. The smallest absolute Gasteiger partial charge is 0.131 e. The van der Waals surface area contributed by atoms with Gasteiger partial charge in [0.05, 0.1) is 0 Å². The largest absolute Gasteiger partial charge is 0.488 e. The number of likely N-dealkylation sites (N-methyl/N-ethyl adjacent to an activating group) is 1. The molecule has 4 rings (SSSR count). The first kappa shape index (κ1) is 17.3. The van der Waals surface area contributed by atoms with Gasteiger partial charge in [-0.25, -0.2) is 0 Å². The summed E-state index contributed by atoms with van der Waals surface area (Å²) in [6.07, 6.45) is 0.941. The van der Waals surface area contributed by atoms with Crippen molar-refractivity contribution >= 4 is 0 Å². The van der Waals surface area contributed by atoms with Crippen molar-refractivity contribution in [1.82, 2.24) is 9.80 Å². The molecule has 0 aliphatic carbocycles. The average Bonchev–Trinajstić information content (AvgIpc) is 3.08. The molecule has 0 radical (unpaired) electrons. The predicted octanol–water partition coefficient (Wildman–Crippen LogP) is 2.49. The number of hydrogen-bond acceptors (Lipinski definition) is 5. The maximum absolute atomic E-state index is 6.24. The lowest BCUT2D eigenvalue weighted by atomic mass is 10.1. The van der Waals surface area contributed by atoms with E-state index < -0.39 is 0 Å². The SMILES string of the molecule is CN1CCN(Cc2ccccc2Oc2ccc3c(c2)C[C@@H](CN)O3)CC1. The molecule has 2 aliphatic heterocycles. The Kier molecular flexibility index (Phi) is 5.11. The summed E-state index contributed by atoms with van der Waals surface area (Å²) in [6, 6.07) is 14.4. The molecule has 1 fully saturated rings. The van der Waals surface area contributed by atoms with Gasteiger partial charge in [-0.3, -0.25) is 4.90 Å². The molecule has 1 saturated heterocycles. The van der Waals surface area contributed by atoms with Gasteiger partial charge in [0.15, 0.2) is 0 Å². The molecule has 2 aliphatic rings. The van der Waals surface area contributed by atoms with Crippen molar-refractivity contribution in [1.29, 1.82) is 0 Å². The zero-order valence-corrected chi connectivity index (χ0v) is 15.4. The summed E-state index contributed by atoms with van der Waals surface area (Å²) in [5.74, 6) is 2.72. The van der Waals surface area contributed by atoms with Crippen LogP contribution in [0, 0.1) is 0 Å². The Hall–Kier alpha value is -2.08. The van der Waals surface area contributed by atoms with Gasteiger partial charge in [0.25, 0.3) is 0 Å². The van der Waals surface area contributed by atoms with Gasteiger partial charge in [0.1, 0.15) is 23.4 Å². The van der Waals surface area contributed by atoms with E-state index >= 15 is 0 Å². The van der Waals surface area contributed by atoms with Gasteiger partial charge in [-0.15, -0.1) is 0 Å². The lowest BCUT2D eigenvalue weighted by molar-refractivity contribution is 0.147. The van der Waals surface area contributed by atoms with Crippen molar-refractivity contribution in [2.45, 2.75) is 19.1 Å². The average molecular weight is 353 g/mol. The van der Waals surface area contributed by atoms with Crippen molar-refractivity contribution in [2.75, 3.05) is 39.8 Å². The first-order chi connectivity index (χ1) is 12.7. The molecule has 5 heteroatoms. The van der Waals surface area contributed by atoms with Crippen molar-refractivity contribution in [3.05, 3.63) is 53.6 Å². The van der Waals surface area contributed by atoms with Crippen molar-refractivity contribution in [3.63, 3.8) is 0 Å². The van der Waals surface area contributed by atoms with Crippen LogP contribution in [0.5, 0.6) is 17.2 Å². The van der Waals surface area contributed by atoms with Gasteiger partial charge in [-0.2, -0.15) is 0 Å². The van der Waals surface area contributed by atoms with E-state index in [-0.39, 0.29) is 6.10 Å². The van der Waals surface area contributed by atoms with Crippen LogP contribution in [0.3, 0.4) is 0 Å². The predicted molar refractivity (Wildman–Crippen MR) is 103 cm³/mol. The molecule has 2 heterocycles. The van der Waals surface area contributed by atoms with Crippen LogP contribution in [0.2, 0.25) is 0 Å². The highest BCUT2D eigenvalue weighted by atomic mass is 16.5. The quantitative estimate of drug-likeness (QED) is 0.895. The highest BCUT2D eigenvalue weighted by molar-refractivity contribution is 5.45. The molecule has 5 nitrogen and oxygen atoms in total. The van der Waals surface area contributed by atoms with Crippen molar-refractivity contribution < 1.29 is 9.47 Å². The molecule has 2 aromatic rings. The summed E-state index contributed by atoms with van der Waals surface area (Å²) >= 11 is 0. The summed E-state index contributed by atoms with van der Waals surface area (Å²) in [5, 5.41) is 0. The second-order valence-electron chi connectivity index (χ2n) is 7.24. The number of para-hydroxylation sites is 1. The zero-order chi connectivity index (χ0) is 17.9. The van der Waals surface area contributed by atoms with E-state index in [0.29, 0.717) is 6.54 Å². The van der Waals surface area contributed by atoms with Gasteiger partial charge in [-0.05, 0) is 31.3 Å². The van der Waals surface area contributed by atoms with Crippen LogP contribution in [-0.2, 0) is 13.0 Å². The number of piperazine rings is 1. The molecule has 0 spiro atoms. The Morgan fingerprint density at radius 2 is 1.92 bits per heavy atom. The second kappa shape index (κ2) is 7.66. The topological polar surface area (TPSA) is 51.0 Å². The molecule has 0 amide bonds. The number of rotatable bonds is 5. The minimum Gasteiger partial charge on any atom is -0.488 e. The van der Waals surface area contributed by atoms with Crippen LogP contribution in [-0.4, -0.2) is 55.7 Å². The number of nitrogens with zero attached hydrogens (tertiary/aromatic N) is 2. The highest BCUT2D eigenvalue weighted by Gasteiger charge is 2.22. The maximum Gasteiger partial charge on any atom is 0.131 e. The normalized spacial score (nSPS) is 20.6. The Morgan fingerprint density at radius 3 is 2.73 bits per heavy atom. The summed E-state index contributed by atoms with van der Waals surface area (Å²) in [7, 11) is 2.18. The molecule has 0 saturated carbocycles. The van der Waals surface area contributed by atoms with Gasteiger partial charge >= 0.3 is 0 Å². The maximum atomic E-state index is 6.24. The van der Waals surface area contributed by atoms with E-state index in [1.807, 2.05) is 18.2 Å². The van der Waals surface area contributed by atoms with Gasteiger partial charge < -0.3 is 20.1 Å². The van der Waals surface area contributed by atoms with Crippen LogP contribution < -0.4 is 15.2 Å². The molecule has 138 valence electrons. The third-order valence-electron chi connectivity index (χ3n) is 5.23. The second-order valence-corrected chi connectivity index (χ2v) is 7.24. The minimum atomic E-state index is 0.0877. The van der Waals surface area contributed by atoms with E-state index in [2.05, 4.69) is 41.1 Å². The van der Waals surface area contributed by atoms with Crippen LogP contribution >= 0.6 is 0 Å². The summed E-state index contributed by atoms with van der Waals surface area (Å²) in [4.78, 5) is 4.87. The number of hydrogen-bond donors (Lipinski definition) is 1. The van der Waals surface area contributed by atoms with Crippen LogP contribution in [0.15, 0.2) is 42.5 Å². The Bertz CT molecular complexity index is 757. The fourth-order valence-electron chi connectivity index (χ4n) is 3.60. The molecule has 2 N–H and O–H groups in total. The molecule has 1 atom stereocenters. The highest BCUT2D eigenvalue weighted by Crippen LogP contribution is 2.34. The first-order valence-electron chi connectivity index (χ1n) is 9.37. The lowest BCUT2D eigenvalue weighted by Crippen LogP contribution is -2.43. The van der Waals surface area contributed by atoms with E-state index in [4.69, 9.17) is 15.2 Å². The van der Waals surface area contributed by atoms with Crippen LogP contribution in [0.4, 0.5) is 0 Å². The molecular formula is C21H27N3O2. The number of nitrogens with two attached hydrogens (primary N) is 1. The van der Waals surface area contributed by atoms with E-state index in [0.717, 1.165) is 56.4 Å². The molecular weight excluding hydrogens is 326 g/mol. The molecule has 0 aromatic heterocycles. The minimum absolute atomic E-state index is 0.0877. The molecule has 26 heavy (non-hydrogen) atoms. The summed E-state index contributed by atoms with van der Waals surface area (Å²) < 4.78 is 12.0. The molecule has 2 aromatic carbocycles. The summed E-state index contributed by atoms with van der Waals surface area (Å²) in [6.45, 7) is 5.90. The van der Waals surface area contributed by atoms with Gasteiger partial charge in [0.2, 0.25) is 0 Å². The first-order valence-corrected chi connectivity index (χ1v) is 9.37. The summed E-state index contributed by atoms with van der Waals surface area (Å²) in [5.41, 5.74) is 8.13. The van der Waals surface area contributed by atoms with Crippen LogP contribution in [0.25, 0.3) is 0 Å². The number of ether oxygens (including phenoxy) is 2. The monoisotopic (exact) mass is 353 g/mol. The lowest BCUT2D eigenvalue weighted by Gasteiger charge is -2.32. The van der Waals surface area contributed by atoms with Crippen LogP contribution in [0.1, 0.15) is 11.1 Å². The van der Waals surface area contributed by atoms with Crippen molar-refractivity contribution in [3.8, 4) is 17.2 Å². The Labute approximate surface area is 155 Å². The Morgan fingerprint density at radius 1 is 1.12 bits per heavy atom. The van der Waals surface area contributed by atoms with Gasteiger partial charge in [0, 0.05) is 56.8 Å². The van der Waals surface area contributed by atoms with Crippen molar-refractivity contribution in [2.24, 2.45) is 5.73 Å². The Balaban J connectivity index is 1.47. The van der Waals surface area contributed by atoms with E-state index in [9.17, 15) is 0 Å². The number of fused-ring (bicyclic) bond motifs is 1. The van der Waals surface area contributed by atoms with E-state index in [1.165, 1.54) is 11.1 Å². The molecule has 0 bridgehead atoms. The third-order valence-corrected chi connectivity index (χ3v) is 5.23. The fourth-order valence-corrected chi connectivity index (χ4v) is 3.60. The van der Waals surface area contributed by atoms with Gasteiger partial charge in [-0.1, -0.05) is 18.2 Å². The molecule has 0 unspecified atom stereocenters. The third kappa shape index (κ3) is 3.85.